The average molecular weight is 776 g/mol. The highest BCUT2D eigenvalue weighted by molar-refractivity contribution is 7.26. The van der Waals surface area contributed by atoms with Crippen molar-refractivity contribution in [3.63, 3.8) is 0 Å². The van der Waals surface area contributed by atoms with Crippen molar-refractivity contribution in [2.45, 2.75) is 0 Å². The molecule has 0 saturated heterocycles. The predicted octanol–water partition coefficient (Wildman–Crippen LogP) is 15.2. The first-order chi connectivity index (χ1) is 42.0. The van der Waals surface area contributed by atoms with Gasteiger partial charge in [-0.2, -0.15) is 0 Å². The van der Waals surface area contributed by atoms with Gasteiger partial charge in [-0.25, -0.2) is 0 Å². The first kappa shape index (κ1) is 13.5. The van der Waals surface area contributed by atoms with E-state index in [4.69, 9.17) is 21.9 Å². The zero-order chi connectivity index (χ0) is 66.2. The van der Waals surface area contributed by atoms with Crippen LogP contribution in [0.1, 0.15) is 45.2 Å². The van der Waals surface area contributed by atoms with Crippen LogP contribution in [0.5, 0.6) is 0 Å². The second-order valence-corrected chi connectivity index (χ2v) is 13.4. The molecule has 12 aromatic rings. The molecule has 0 N–H and O–H groups in total. The molecule has 0 aliphatic carbocycles. The van der Waals surface area contributed by atoms with Gasteiger partial charge >= 0.3 is 0 Å². The number of nitrogens with zero attached hydrogens (tertiary/aromatic N) is 2. The molecule has 0 amide bonds. The number of benzene rings is 9. The van der Waals surface area contributed by atoms with E-state index in [1.54, 1.807) is 0 Å². The molecule has 0 aliphatic rings. The molecule has 2 nitrogen and oxygen atoms in total. The van der Waals surface area contributed by atoms with E-state index in [1.807, 2.05) is 0 Å². The predicted molar refractivity (Wildman–Crippen MR) is 244 cm³/mol. The van der Waals surface area contributed by atoms with Crippen molar-refractivity contribution in [2.24, 2.45) is 0 Å². The van der Waals surface area contributed by atoms with Crippen LogP contribution in [0.25, 0.3) is 109 Å². The highest BCUT2D eigenvalue weighted by Gasteiger charge is 2.20. The zero-order valence-electron chi connectivity index (χ0n) is 61.4. The van der Waals surface area contributed by atoms with Gasteiger partial charge in [-0.3, -0.25) is 0 Å². The second kappa shape index (κ2) is 12.7. The van der Waals surface area contributed by atoms with E-state index in [2.05, 4.69) is 0 Å². The van der Waals surface area contributed by atoms with E-state index in [-0.39, 0.29) is 14.9 Å². The lowest BCUT2D eigenvalue weighted by Crippen LogP contribution is -1.95. The Labute approximate surface area is 380 Å². The van der Waals surface area contributed by atoms with E-state index in [9.17, 15) is 23.3 Å². The zero-order valence-corrected chi connectivity index (χ0v) is 29.2. The van der Waals surface area contributed by atoms with Gasteiger partial charge < -0.3 is 9.13 Å². The van der Waals surface area contributed by atoms with Crippen LogP contribution in [0.3, 0.4) is 0 Å². The molecular weight excluding hydrogens is 709 g/mol. The van der Waals surface area contributed by atoms with E-state index in [1.165, 1.54) is 0 Å². The lowest BCUT2D eigenvalue weighted by atomic mass is 9.96. The van der Waals surface area contributed by atoms with Gasteiger partial charge in [0.05, 0.1) is 73.0 Å². The van der Waals surface area contributed by atoms with Crippen LogP contribution in [0, 0.1) is 0 Å². The summed E-state index contributed by atoms with van der Waals surface area (Å²) in [6.07, 6.45) is 0. The van der Waals surface area contributed by atoms with Gasteiger partial charge in [0.2, 0.25) is 0 Å². The molecule has 0 unspecified atom stereocenters. The van der Waals surface area contributed by atoms with Crippen LogP contribution >= 0.6 is 11.3 Å². The standard InChI is InChI=1S/C54H34N2S/c1-3-13-35(14-4-1)36-25-27-37(28-26-36)41-19-11-23-51-53(41)54-50(22-12-24-52(54)57-51)56-47-21-10-8-18-43(47)45-34-39(30-32-49(45)56)38-29-31-48-44(33-38)42-17-7-9-20-46(42)55(48)40-15-5-2-6-16-40/h1-34H/i1D,2D,3D,4D,5D,6D,7D,8D,9D,10D,11D,12D,13D,14D,15D,16D,17D,18D,19D,21D,22D,23D,24D,25D,26D,27D,28D,29D,30D,31D,32D,33D,34D. The Hall–Kier alpha value is -7.20. The Morgan fingerprint density at radius 2 is 0.895 bits per heavy atom. The number of aromatic nitrogens is 2. The average Bonchev–Trinajstić information content (AvgIpc) is 1.51. The fraction of sp³-hybridized carbons (Fsp3) is 0. The maximum atomic E-state index is 10.1. The smallest absolute Gasteiger partial charge is 0.0645 e. The lowest BCUT2D eigenvalue weighted by molar-refractivity contribution is 1.18. The molecule has 57 heavy (non-hydrogen) atoms. The third-order valence-electron chi connectivity index (χ3n) is 9.31. The summed E-state index contributed by atoms with van der Waals surface area (Å²) in [5.41, 5.74) is -8.29. The number of hydrogen-bond donors (Lipinski definition) is 0. The molecule has 0 fully saturated rings. The molecule has 3 heteroatoms. The highest BCUT2D eigenvalue weighted by Crippen LogP contribution is 2.45. The number of para-hydroxylation sites is 3. The summed E-state index contributed by atoms with van der Waals surface area (Å²) in [6, 6.07) is -28.9. The molecule has 0 radical (unpaired) electrons. The van der Waals surface area contributed by atoms with E-state index < -0.39 is 293 Å². The van der Waals surface area contributed by atoms with Crippen molar-refractivity contribution in [3.05, 3.63) is 205 Å². The van der Waals surface area contributed by atoms with Crippen molar-refractivity contribution < 1.29 is 45.2 Å². The van der Waals surface area contributed by atoms with Crippen LogP contribution in [-0.4, -0.2) is 9.13 Å². The van der Waals surface area contributed by atoms with Crippen LogP contribution in [0.15, 0.2) is 205 Å². The van der Waals surface area contributed by atoms with Crippen LogP contribution in [-0.2, 0) is 0 Å². The number of rotatable bonds is 5. The van der Waals surface area contributed by atoms with Gasteiger partial charge in [-0.05, 0) is 99.9 Å². The summed E-state index contributed by atoms with van der Waals surface area (Å²) in [5.74, 6) is 0. The Morgan fingerprint density at radius 3 is 1.65 bits per heavy atom. The summed E-state index contributed by atoms with van der Waals surface area (Å²) in [5, 5.41) is -3.22. The molecule has 0 saturated carbocycles. The molecule has 0 atom stereocenters. The first-order valence-corrected chi connectivity index (χ1v) is 17.6. The molecule has 3 aromatic heterocycles. The normalized spacial score (nSPS) is 20.0. The first-order valence-electron chi connectivity index (χ1n) is 33.3. The minimum atomic E-state index is -1.08. The van der Waals surface area contributed by atoms with Crippen molar-refractivity contribution in [1.82, 2.24) is 9.13 Å². The second-order valence-electron chi connectivity index (χ2n) is 12.3. The van der Waals surface area contributed by atoms with E-state index in [0.717, 1.165) is 15.2 Å². The summed E-state index contributed by atoms with van der Waals surface area (Å²) in [4.78, 5) is 0. The van der Waals surface area contributed by atoms with Crippen LogP contribution in [0.4, 0.5) is 0 Å². The fourth-order valence-electron chi connectivity index (χ4n) is 6.94. The van der Waals surface area contributed by atoms with Crippen LogP contribution < -0.4 is 0 Å². The number of thiophene rings is 1. The van der Waals surface area contributed by atoms with Crippen molar-refractivity contribution in [2.75, 3.05) is 0 Å². The molecule has 9 aromatic carbocycles. The third-order valence-corrected chi connectivity index (χ3v) is 10.3. The quantitative estimate of drug-likeness (QED) is 0.165. The topological polar surface area (TPSA) is 9.86 Å². The Balaban J connectivity index is 1.27. The molecular formula is C54H34N2S. The molecule has 0 aliphatic heterocycles. The Morgan fingerprint density at radius 1 is 0.351 bits per heavy atom. The van der Waals surface area contributed by atoms with Crippen molar-refractivity contribution in [3.8, 4) is 44.8 Å². The molecule has 266 valence electrons. The van der Waals surface area contributed by atoms with E-state index in [0.29, 0.717) is 11.3 Å². The summed E-state index contributed by atoms with van der Waals surface area (Å²) in [6.45, 7) is 0. The van der Waals surface area contributed by atoms with Gasteiger partial charge in [0.25, 0.3) is 0 Å². The minimum absolute atomic E-state index is 0.340. The van der Waals surface area contributed by atoms with Crippen molar-refractivity contribution in [1.29, 1.82) is 0 Å². The van der Waals surface area contributed by atoms with E-state index >= 15 is 0 Å². The molecule has 12 rings (SSSR count). The monoisotopic (exact) mass is 775 g/mol. The lowest BCUT2D eigenvalue weighted by Gasteiger charge is -2.12. The van der Waals surface area contributed by atoms with Gasteiger partial charge in [0, 0.05) is 47.4 Å². The number of fused-ring (bicyclic) bond motifs is 9. The Bertz CT molecular complexity index is 5380. The summed E-state index contributed by atoms with van der Waals surface area (Å²) < 4.78 is 301. The largest absolute Gasteiger partial charge is 0.309 e. The van der Waals surface area contributed by atoms with Crippen LogP contribution in [0.2, 0.25) is 0 Å². The minimum Gasteiger partial charge on any atom is -0.309 e. The highest BCUT2D eigenvalue weighted by atomic mass is 32.1. The third kappa shape index (κ3) is 4.96. The van der Waals surface area contributed by atoms with Gasteiger partial charge in [0.15, 0.2) is 0 Å². The maximum absolute atomic E-state index is 10.1. The van der Waals surface area contributed by atoms with Gasteiger partial charge in [0.1, 0.15) is 0 Å². The molecule has 3 heterocycles. The Kier molecular flexibility index (Phi) is 3.00. The summed E-state index contributed by atoms with van der Waals surface area (Å²) in [7, 11) is 0. The van der Waals surface area contributed by atoms with Crippen molar-refractivity contribution >= 4 is 75.1 Å². The maximum Gasteiger partial charge on any atom is 0.0645 e. The SMILES string of the molecule is [2H]c1cc2c(c([2H])c1[2H])c1c([2H])c(-c3c([2H])c([2H])c4c(c3[2H])c3c([2H])c([2H])c([2H])c([2H])c3n4-c3c([2H])c([2H])c([2H])c4sc5c([2H])c([2H])c([2H])c(-c6c([2H])c([2H])c(-c7c([2H])c([2H])c([2H])c([2H])c7[2H])c([2H])c6[2H])c5c34)c([2H])c([2H])c1n2-c1c([2H])c([2H])c([2H])c([2H])c1[2H]. The fourth-order valence-corrected chi connectivity index (χ4v) is 7.95. The number of hydrogen-bond acceptors (Lipinski definition) is 1. The van der Waals surface area contributed by atoms with Gasteiger partial charge in [-0.1, -0.05) is 139 Å². The van der Waals surface area contributed by atoms with Gasteiger partial charge in [-0.15, -0.1) is 11.3 Å². The summed E-state index contributed by atoms with van der Waals surface area (Å²) >= 11 is 0.519. The molecule has 0 bridgehead atoms. The molecule has 0 spiro atoms.